The highest BCUT2D eigenvalue weighted by Crippen LogP contribution is 2.36. The number of alkyl halides is 3. The molecule has 104 valence electrons. The Morgan fingerprint density at radius 3 is 2.21 bits per heavy atom. The van der Waals surface area contributed by atoms with Crippen molar-refractivity contribution < 1.29 is 13.2 Å². The SMILES string of the molecule is FC(F)(F)/C(Cl)=C(\CN1CCCC1)c1ccccc1. The van der Waals surface area contributed by atoms with Crippen LogP contribution in [0.4, 0.5) is 13.2 Å². The number of allylic oxidation sites excluding steroid dienone is 1. The standard InChI is InChI=1S/C14H15ClF3N/c15-13(14(16,17)18)12(10-19-8-4-5-9-19)11-6-2-1-3-7-11/h1-3,6-7H,4-5,8-10H2/b13-12-. The molecule has 1 aromatic carbocycles. The van der Waals surface area contributed by atoms with Crippen molar-refractivity contribution in [2.24, 2.45) is 0 Å². The molecule has 0 saturated carbocycles. The molecule has 19 heavy (non-hydrogen) atoms. The summed E-state index contributed by atoms with van der Waals surface area (Å²) in [5.41, 5.74) is 0.702. The minimum Gasteiger partial charge on any atom is -0.299 e. The first kappa shape index (κ1) is 14.4. The lowest BCUT2D eigenvalue weighted by molar-refractivity contribution is -0.0841. The van der Waals surface area contributed by atoms with E-state index < -0.39 is 11.2 Å². The predicted octanol–water partition coefficient (Wildman–Crippen LogP) is 4.29. The lowest BCUT2D eigenvalue weighted by atomic mass is 10.0. The molecule has 0 bridgehead atoms. The average Bonchev–Trinajstić information content (AvgIpc) is 2.88. The fourth-order valence-corrected chi connectivity index (χ4v) is 2.43. The van der Waals surface area contributed by atoms with Crippen LogP contribution in [0.25, 0.3) is 5.57 Å². The molecule has 1 heterocycles. The second kappa shape index (κ2) is 5.97. The quantitative estimate of drug-likeness (QED) is 0.802. The molecule has 1 nitrogen and oxygen atoms in total. The molecule has 0 unspecified atom stereocenters. The molecule has 2 rings (SSSR count). The molecule has 0 atom stereocenters. The summed E-state index contributed by atoms with van der Waals surface area (Å²) in [6.07, 6.45) is -2.43. The van der Waals surface area contributed by atoms with Crippen LogP contribution in [0.3, 0.4) is 0 Å². The third-order valence-electron chi connectivity index (χ3n) is 3.22. The molecule has 0 radical (unpaired) electrons. The summed E-state index contributed by atoms with van der Waals surface area (Å²) in [5.74, 6) is 0. The Balaban J connectivity index is 2.33. The van der Waals surface area contributed by atoms with Crippen molar-refractivity contribution in [3.05, 3.63) is 40.9 Å². The molecule has 1 aromatic rings. The van der Waals surface area contributed by atoms with Crippen LogP contribution in [0.5, 0.6) is 0 Å². The fraction of sp³-hybridized carbons (Fsp3) is 0.429. The van der Waals surface area contributed by atoms with Crippen molar-refractivity contribution in [2.45, 2.75) is 19.0 Å². The number of hydrogen-bond acceptors (Lipinski definition) is 1. The van der Waals surface area contributed by atoms with E-state index in [0.29, 0.717) is 5.56 Å². The van der Waals surface area contributed by atoms with Gasteiger partial charge in [-0.3, -0.25) is 4.90 Å². The monoisotopic (exact) mass is 289 g/mol. The van der Waals surface area contributed by atoms with E-state index in [0.717, 1.165) is 25.9 Å². The number of likely N-dealkylation sites (tertiary alicyclic amines) is 1. The third-order valence-corrected chi connectivity index (χ3v) is 3.66. The second-order valence-electron chi connectivity index (χ2n) is 4.64. The molecular formula is C14H15ClF3N. The molecule has 1 aliphatic rings. The van der Waals surface area contributed by atoms with Gasteiger partial charge in [-0.05, 0) is 37.1 Å². The highest BCUT2D eigenvalue weighted by Gasteiger charge is 2.36. The van der Waals surface area contributed by atoms with Crippen molar-refractivity contribution in [1.29, 1.82) is 0 Å². The Bertz CT molecular complexity index is 448. The predicted molar refractivity (Wildman–Crippen MR) is 70.9 cm³/mol. The van der Waals surface area contributed by atoms with Crippen molar-refractivity contribution in [1.82, 2.24) is 4.90 Å². The van der Waals surface area contributed by atoms with Gasteiger partial charge in [0.15, 0.2) is 0 Å². The first-order valence-corrected chi connectivity index (χ1v) is 6.60. The molecule has 0 spiro atoms. The zero-order valence-corrected chi connectivity index (χ0v) is 11.1. The van der Waals surface area contributed by atoms with Gasteiger partial charge in [0.1, 0.15) is 5.03 Å². The van der Waals surface area contributed by atoms with Crippen LogP contribution in [0.1, 0.15) is 18.4 Å². The van der Waals surface area contributed by atoms with Gasteiger partial charge in [-0.15, -0.1) is 0 Å². The maximum Gasteiger partial charge on any atom is 0.427 e. The van der Waals surface area contributed by atoms with E-state index in [-0.39, 0.29) is 12.1 Å². The van der Waals surface area contributed by atoms with Crippen LogP contribution in [-0.4, -0.2) is 30.7 Å². The molecule has 1 saturated heterocycles. The Labute approximate surface area is 115 Å². The topological polar surface area (TPSA) is 3.24 Å². The highest BCUT2D eigenvalue weighted by atomic mass is 35.5. The van der Waals surface area contributed by atoms with E-state index >= 15 is 0 Å². The van der Waals surface area contributed by atoms with Gasteiger partial charge in [-0.2, -0.15) is 13.2 Å². The van der Waals surface area contributed by atoms with E-state index in [9.17, 15) is 13.2 Å². The van der Waals surface area contributed by atoms with Crippen LogP contribution >= 0.6 is 11.6 Å². The maximum atomic E-state index is 12.9. The number of nitrogens with zero attached hydrogens (tertiary/aromatic N) is 1. The molecule has 1 aliphatic heterocycles. The second-order valence-corrected chi connectivity index (χ2v) is 5.02. The van der Waals surface area contributed by atoms with Gasteiger partial charge in [0.05, 0.1) is 0 Å². The summed E-state index contributed by atoms with van der Waals surface area (Å²) >= 11 is 5.56. The number of hydrogen-bond donors (Lipinski definition) is 0. The van der Waals surface area contributed by atoms with Crippen molar-refractivity contribution in [3.8, 4) is 0 Å². The van der Waals surface area contributed by atoms with E-state index in [1.165, 1.54) is 0 Å². The molecule has 0 amide bonds. The summed E-state index contributed by atoms with van der Waals surface area (Å²) in [4.78, 5) is 2.01. The number of benzene rings is 1. The Hall–Kier alpha value is -1.00. The van der Waals surface area contributed by atoms with E-state index in [4.69, 9.17) is 11.6 Å². The van der Waals surface area contributed by atoms with Crippen LogP contribution in [-0.2, 0) is 0 Å². The van der Waals surface area contributed by atoms with E-state index in [2.05, 4.69) is 0 Å². The zero-order chi connectivity index (χ0) is 13.9. The maximum absolute atomic E-state index is 12.9. The zero-order valence-electron chi connectivity index (χ0n) is 10.4. The normalized spacial score (nSPS) is 18.5. The Kier molecular flexibility index (Phi) is 4.53. The van der Waals surface area contributed by atoms with Crippen LogP contribution in [0.15, 0.2) is 35.4 Å². The van der Waals surface area contributed by atoms with Gasteiger partial charge < -0.3 is 0 Å². The van der Waals surface area contributed by atoms with Gasteiger partial charge in [-0.1, -0.05) is 41.9 Å². The minimum absolute atomic E-state index is 0.164. The van der Waals surface area contributed by atoms with Crippen molar-refractivity contribution in [2.75, 3.05) is 19.6 Å². The highest BCUT2D eigenvalue weighted by molar-refractivity contribution is 6.33. The lowest BCUT2D eigenvalue weighted by Gasteiger charge is -2.20. The lowest BCUT2D eigenvalue weighted by Crippen LogP contribution is -2.23. The molecular weight excluding hydrogens is 275 g/mol. The molecule has 0 N–H and O–H groups in total. The van der Waals surface area contributed by atoms with Crippen LogP contribution in [0, 0.1) is 0 Å². The number of rotatable bonds is 3. The number of halogens is 4. The molecule has 0 aliphatic carbocycles. The summed E-state index contributed by atoms with van der Waals surface area (Å²) in [6.45, 7) is 1.92. The summed E-state index contributed by atoms with van der Waals surface area (Å²) in [5, 5.41) is -1.01. The van der Waals surface area contributed by atoms with Crippen LogP contribution < -0.4 is 0 Å². The Morgan fingerprint density at radius 1 is 1.11 bits per heavy atom. The van der Waals surface area contributed by atoms with Crippen molar-refractivity contribution in [3.63, 3.8) is 0 Å². The van der Waals surface area contributed by atoms with Crippen LogP contribution in [0.2, 0.25) is 0 Å². The summed E-state index contributed by atoms with van der Waals surface area (Å²) in [7, 11) is 0. The smallest absolute Gasteiger partial charge is 0.299 e. The largest absolute Gasteiger partial charge is 0.427 e. The molecule has 5 heteroatoms. The van der Waals surface area contributed by atoms with Gasteiger partial charge >= 0.3 is 6.18 Å². The van der Waals surface area contributed by atoms with Crippen molar-refractivity contribution >= 4 is 17.2 Å². The van der Waals surface area contributed by atoms with Gasteiger partial charge in [-0.25, -0.2) is 0 Å². The minimum atomic E-state index is -4.49. The first-order valence-electron chi connectivity index (χ1n) is 6.22. The molecule has 1 fully saturated rings. The van der Waals surface area contributed by atoms with E-state index in [1.54, 1.807) is 30.3 Å². The fourth-order valence-electron chi connectivity index (χ4n) is 2.26. The van der Waals surface area contributed by atoms with Gasteiger partial charge in [0.2, 0.25) is 0 Å². The third kappa shape index (κ3) is 3.74. The summed E-state index contributed by atoms with van der Waals surface area (Å²) in [6, 6.07) is 8.55. The summed E-state index contributed by atoms with van der Waals surface area (Å²) < 4.78 is 38.6. The first-order chi connectivity index (χ1) is 8.98. The van der Waals surface area contributed by atoms with Gasteiger partial charge in [0, 0.05) is 6.54 Å². The Morgan fingerprint density at radius 2 is 1.68 bits per heavy atom. The van der Waals surface area contributed by atoms with Gasteiger partial charge in [0.25, 0.3) is 0 Å². The van der Waals surface area contributed by atoms with E-state index in [1.807, 2.05) is 4.90 Å². The molecule has 0 aromatic heterocycles. The average molecular weight is 290 g/mol.